The Bertz CT molecular complexity index is 904. The van der Waals surface area contributed by atoms with Crippen LogP contribution in [0.5, 0.6) is 0 Å². The minimum absolute atomic E-state index is 0.112. The van der Waals surface area contributed by atoms with Crippen LogP contribution in [0.4, 0.5) is 0 Å². The first-order chi connectivity index (χ1) is 12.7. The molecular weight excluding hydrogens is 346 g/mol. The number of imidazole rings is 1. The number of aryl methyl sites for hydroxylation is 1. The van der Waals surface area contributed by atoms with Crippen molar-refractivity contribution in [3.05, 3.63) is 59.7 Å². The molecule has 4 rings (SSSR count). The Balaban J connectivity index is 1.64. The summed E-state index contributed by atoms with van der Waals surface area (Å²) < 4.78 is 5.39. The maximum absolute atomic E-state index is 13.2. The van der Waals surface area contributed by atoms with E-state index in [4.69, 9.17) is 4.74 Å². The summed E-state index contributed by atoms with van der Waals surface area (Å²) in [5, 5.41) is 0.442. The number of aromatic nitrogens is 2. The summed E-state index contributed by atoms with van der Waals surface area (Å²) in [7, 11) is 0. The van der Waals surface area contributed by atoms with Gasteiger partial charge in [0.15, 0.2) is 5.16 Å². The molecule has 0 saturated carbocycles. The van der Waals surface area contributed by atoms with E-state index < -0.39 is 0 Å². The van der Waals surface area contributed by atoms with Gasteiger partial charge in [0.25, 0.3) is 0 Å². The van der Waals surface area contributed by atoms with Gasteiger partial charge in [0.1, 0.15) is 5.25 Å². The summed E-state index contributed by atoms with van der Waals surface area (Å²) in [4.78, 5) is 23.1. The number of rotatable bonds is 4. The average molecular weight is 367 g/mol. The zero-order valence-corrected chi connectivity index (χ0v) is 15.5. The molecule has 26 heavy (non-hydrogen) atoms. The van der Waals surface area contributed by atoms with Crippen molar-refractivity contribution in [3.8, 4) is 0 Å². The van der Waals surface area contributed by atoms with Crippen LogP contribution in [0.25, 0.3) is 11.0 Å². The van der Waals surface area contributed by atoms with Crippen LogP contribution in [0.3, 0.4) is 0 Å². The van der Waals surface area contributed by atoms with Crippen molar-refractivity contribution in [1.29, 1.82) is 0 Å². The van der Waals surface area contributed by atoms with Gasteiger partial charge in [0.2, 0.25) is 5.91 Å². The monoisotopic (exact) mass is 367 g/mol. The predicted octanol–water partition coefficient (Wildman–Crippen LogP) is 3.56. The van der Waals surface area contributed by atoms with Gasteiger partial charge in [-0.25, -0.2) is 4.98 Å². The van der Waals surface area contributed by atoms with Gasteiger partial charge in [-0.1, -0.05) is 48.2 Å². The summed E-state index contributed by atoms with van der Waals surface area (Å²) in [6.45, 7) is 4.54. The van der Waals surface area contributed by atoms with Crippen LogP contribution in [0, 0.1) is 6.92 Å². The van der Waals surface area contributed by atoms with Gasteiger partial charge in [0.05, 0.1) is 24.2 Å². The number of nitrogens with zero attached hydrogens (tertiary/aromatic N) is 2. The van der Waals surface area contributed by atoms with E-state index in [9.17, 15) is 4.79 Å². The molecule has 0 radical (unpaired) electrons. The normalized spacial score (nSPS) is 16.0. The summed E-state index contributed by atoms with van der Waals surface area (Å²) in [6, 6.07) is 16.0. The van der Waals surface area contributed by atoms with E-state index in [-0.39, 0.29) is 11.2 Å². The molecule has 0 aliphatic carbocycles. The molecule has 1 saturated heterocycles. The topological polar surface area (TPSA) is 58.2 Å². The van der Waals surface area contributed by atoms with E-state index in [1.165, 1.54) is 17.3 Å². The second-order valence-electron chi connectivity index (χ2n) is 6.41. The molecular formula is C20H21N3O2S. The van der Waals surface area contributed by atoms with Gasteiger partial charge in [-0.2, -0.15) is 0 Å². The number of fused-ring (bicyclic) bond motifs is 1. The highest BCUT2D eigenvalue weighted by molar-refractivity contribution is 8.00. The van der Waals surface area contributed by atoms with Crippen LogP contribution in [0.1, 0.15) is 16.4 Å². The van der Waals surface area contributed by atoms with Crippen molar-refractivity contribution in [3.63, 3.8) is 0 Å². The number of H-pyrrole nitrogens is 1. The number of aromatic amines is 1. The van der Waals surface area contributed by atoms with Crippen molar-refractivity contribution in [2.24, 2.45) is 0 Å². The molecule has 6 heteroatoms. The van der Waals surface area contributed by atoms with Crippen molar-refractivity contribution in [1.82, 2.24) is 14.9 Å². The van der Waals surface area contributed by atoms with E-state index in [2.05, 4.69) is 23.0 Å². The number of thioether (sulfide) groups is 1. The lowest BCUT2D eigenvalue weighted by atomic mass is 10.1. The third-order valence-electron chi connectivity index (χ3n) is 4.49. The molecule has 2 aromatic carbocycles. The Labute approximate surface area is 156 Å². The first kappa shape index (κ1) is 17.1. The molecule has 0 spiro atoms. The third kappa shape index (κ3) is 3.61. The molecule has 1 aliphatic rings. The number of carbonyl (C=O) groups excluding carboxylic acids is 1. The third-order valence-corrected chi connectivity index (χ3v) is 5.62. The van der Waals surface area contributed by atoms with Gasteiger partial charge in [-0.15, -0.1) is 0 Å². The smallest absolute Gasteiger partial charge is 0.240 e. The molecule has 2 heterocycles. The van der Waals surface area contributed by atoms with E-state index in [0.29, 0.717) is 26.3 Å². The predicted molar refractivity (Wildman–Crippen MR) is 103 cm³/mol. The molecule has 1 atom stereocenters. The molecule has 1 amide bonds. The average Bonchev–Trinajstić information content (AvgIpc) is 3.08. The quantitative estimate of drug-likeness (QED) is 0.717. The van der Waals surface area contributed by atoms with Crippen molar-refractivity contribution in [2.75, 3.05) is 26.3 Å². The molecule has 3 aromatic rings. The second-order valence-corrected chi connectivity index (χ2v) is 7.50. The molecule has 134 valence electrons. The van der Waals surface area contributed by atoms with Crippen LogP contribution in [-0.4, -0.2) is 47.1 Å². The Morgan fingerprint density at radius 3 is 2.73 bits per heavy atom. The minimum Gasteiger partial charge on any atom is -0.378 e. The zero-order valence-electron chi connectivity index (χ0n) is 14.6. The summed E-state index contributed by atoms with van der Waals surface area (Å²) in [5.74, 6) is 0.112. The van der Waals surface area contributed by atoms with Crippen LogP contribution in [-0.2, 0) is 9.53 Å². The van der Waals surface area contributed by atoms with E-state index in [1.807, 2.05) is 47.4 Å². The molecule has 0 unspecified atom stereocenters. The fourth-order valence-corrected chi connectivity index (χ4v) is 4.19. The standard InChI is InChI=1S/C20H21N3O2S/c1-14-7-8-16-17(13-14)22-20(21-16)26-18(15-5-3-2-4-6-15)19(24)23-9-11-25-12-10-23/h2-8,13,18H,9-12H2,1H3,(H,21,22)/t18-/m0/s1. The van der Waals surface area contributed by atoms with Gasteiger partial charge < -0.3 is 14.6 Å². The van der Waals surface area contributed by atoms with Crippen molar-refractivity contribution >= 4 is 28.7 Å². The molecule has 1 N–H and O–H groups in total. The number of hydrogen-bond acceptors (Lipinski definition) is 4. The fourth-order valence-electron chi connectivity index (χ4n) is 3.11. The highest BCUT2D eigenvalue weighted by atomic mass is 32.2. The summed E-state index contributed by atoms with van der Waals surface area (Å²) in [6.07, 6.45) is 0. The first-order valence-corrected chi connectivity index (χ1v) is 9.63. The van der Waals surface area contributed by atoms with E-state index in [0.717, 1.165) is 21.8 Å². The SMILES string of the molecule is Cc1ccc2nc(S[C@H](C(=O)N3CCOCC3)c3ccccc3)[nH]c2c1. The van der Waals surface area contributed by atoms with E-state index in [1.54, 1.807) is 0 Å². The van der Waals surface area contributed by atoms with Gasteiger partial charge >= 0.3 is 0 Å². The number of carbonyl (C=O) groups is 1. The van der Waals surface area contributed by atoms with E-state index >= 15 is 0 Å². The number of nitrogens with one attached hydrogen (secondary N) is 1. The lowest BCUT2D eigenvalue weighted by Crippen LogP contribution is -2.42. The Morgan fingerprint density at radius 2 is 1.96 bits per heavy atom. The number of hydrogen-bond donors (Lipinski definition) is 1. The Hall–Kier alpha value is -2.31. The lowest BCUT2D eigenvalue weighted by Gasteiger charge is -2.30. The maximum Gasteiger partial charge on any atom is 0.240 e. The highest BCUT2D eigenvalue weighted by Gasteiger charge is 2.29. The summed E-state index contributed by atoms with van der Waals surface area (Å²) in [5.41, 5.74) is 4.09. The lowest BCUT2D eigenvalue weighted by molar-refractivity contribution is -0.134. The van der Waals surface area contributed by atoms with Crippen molar-refractivity contribution in [2.45, 2.75) is 17.3 Å². The number of benzene rings is 2. The minimum atomic E-state index is -0.323. The molecule has 1 aromatic heterocycles. The number of morpholine rings is 1. The second kappa shape index (κ2) is 7.51. The van der Waals surface area contributed by atoms with Crippen LogP contribution < -0.4 is 0 Å². The van der Waals surface area contributed by atoms with Crippen LogP contribution >= 0.6 is 11.8 Å². The van der Waals surface area contributed by atoms with Gasteiger partial charge in [0, 0.05) is 13.1 Å². The number of ether oxygens (including phenoxy) is 1. The molecule has 1 aliphatic heterocycles. The first-order valence-electron chi connectivity index (χ1n) is 8.75. The summed E-state index contributed by atoms with van der Waals surface area (Å²) >= 11 is 1.48. The molecule has 5 nitrogen and oxygen atoms in total. The molecule has 0 bridgehead atoms. The zero-order chi connectivity index (χ0) is 17.9. The Morgan fingerprint density at radius 1 is 1.19 bits per heavy atom. The Kier molecular flexibility index (Phi) is 4.95. The maximum atomic E-state index is 13.2. The van der Waals surface area contributed by atoms with Gasteiger partial charge in [-0.05, 0) is 30.2 Å². The molecule has 1 fully saturated rings. The van der Waals surface area contributed by atoms with Gasteiger partial charge in [-0.3, -0.25) is 4.79 Å². The van der Waals surface area contributed by atoms with Crippen LogP contribution in [0.15, 0.2) is 53.7 Å². The fraction of sp³-hybridized carbons (Fsp3) is 0.300. The van der Waals surface area contributed by atoms with Crippen molar-refractivity contribution < 1.29 is 9.53 Å². The largest absolute Gasteiger partial charge is 0.378 e. The number of amides is 1. The van der Waals surface area contributed by atoms with Crippen LogP contribution in [0.2, 0.25) is 0 Å². The highest BCUT2D eigenvalue weighted by Crippen LogP contribution is 2.36.